The van der Waals surface area contributed by atoms with Crippen LogP contribution in [0, 0.1) is 0 Å². The van der Waals surface area contributed by atoms with Gasteiger partial charge in [-0.25, -0.2) is 0 Å². The summed E-state index contributed by atoms with van der Waals surface area (Å²) in [5.41, 5.74) is 0.642. The van der Waals surface area contributed by atoms with Crippen molar-refractivity contribution in [3.8, 4) is 0 Å². The molecule has 0 radical (unpaired) electrons. The Morgan fingerprint density at radius 3 is 2.39 bits per heavy atom. The zero-order chi connectivity index (χ0) is 13.0. The van der Waals surface area contributed by atoms with Gasteiger partial charge in [0.15, 0.2) is 0 Å². The summed E-state index contributed by atoms with van der Waals surface area (Å²) in [5.74, 6) is 0. The number of benzene rings is 1. The summed E-state index contributed by atoms with van der Waals surface area (Å²) in [5, 5.41) is 11.4. The van der Waals surface area contributed by atoms with E-state index in [1.54, 1.807) is 0 Å². The van der Waals surface area contributed by atoms with Crippen molar-refractivity contribution in [2.75, 3.05) is 19.6 Å². The SMILES string of the molecule is CCCN1CCC(O)(Cc2ccc(Cl)cc2)CC1. The van der Waals surface area contributed by atoms with Gasteiger partial charge in [0.25, 0.3) is 0 Å². The van der Waals surface area contributed by atoms with E-state index < -0.39 is 5.60 Å². The van der Waals surface area contributed by atoms with Crippen molar-refractivity contribution in [3.05, 3.63) is 34.9 Å². The molecule has 1 aliphatic rings. The molecule has 1 saturated heterocycles. The second-order valence-electron chi connectivity index (χ2n) is 5.37. The Bertz CT molecular complexity index is 369. The van der Waals surface area contributed by atoms with Crippen LogP contribution in [0.3, 0.4) is 0 Å². The van der Waals surface area contributed by atoms with Crippen LogP contribution in [0.4, 0.5) is 0 Å². The van der Waals surface area contributed by atoms with Crippen molar-refractivity contribution < 1.29 is 5.11 Å². The Kier molecular flexibility index (Phi) is 4.66. The minimum absolute atomic E-state index is 0.530. The molecule has 0 amide bonds. The molecule has 1 aromatic rings. The van der Waals surface area contributed by atoms with Crippen LogP contribution in [-0.2, 0) is 6.42 Å². The van der Waals surface area contributed by atoms with Gasteiger partial charge in [-0.15, -0.1) is 0 Å². The molecule has 1 aliphatic heterocycles. The third kappa shape index (κ3) is 3.71. The number of hydrogen-bond acceptors (Lipinski definition) is 2. The molecule has 0 unspecified atom stereocenters. The predicted molar refractivity (Wildman–Crippen MR) is 76.1 cm³/mol. The molecule has 0 bridgehead atoms. The summed E-state index contributed by atoms with van der Waals surface area (Å²) in [4.78, 5) is 2.44. The normalized spacial score (nSPS) is 19.9. The van der Waals surface area contributed by atoms with Crippen molar-refractivity contribution in [1.82, 2.24) is 4.90 Å². The Balaban J connectivity index is 1.91. The average Bonchev–Trinajstić information content (AvgIpc) is 2.36. The van der Waals surface area contributed by atoms with Crippen LogP contribution in [0.25, 0.3) is 0 Å². The number of hydrogen-bond donors (Lipinski definition) is 1. The molecule has 2 rings (SSSR count). The quantitative estimate of drug-likeness (QED) is 0.906. The molecular formula is C15H22ClNO. The molecule has 0 spiro atoms. The van der Waals surface area contributed by atoms with Gasteiger partial charge in [-0.2, -0.15) is 0 Å². The first kappa shape index (κ1) is 13.9. The van der Waals surface area contributed by atoms with Gasteiger partial charge in [0, 0.05) is 24.5 Å². The Hall–Kier alpha value is -0.570. The molecule has 2 nitrogen and oxygen atoms in total. The fourth-order valence-corrected chi connectivity index (χ4v) is 2.79. The summed E-state index contributed by atoms with van der Waals surface area (Å²) in [6.07, 6.45) is 3.67. The summed E-state index contributed by atoms with van der Waals surface area (Å²) in [6.45, 7) is 5.38. The lowest BCUT2D eigenvalue weighted by atomic mass is 9.85. The number of aliphatic hydroxyl groups is 1. The van der Waals surface area contributed by atoms with Gasteiger partial charge in [0.2, 0.25) is 0 Å². The lowest BCUT2D eigenvalue weighted by molar-refractivity contribution is -0.0205. The maximum atomic E-state index is 10.6. The van der Waals surface area contributed by atoms with Gasteiger partial charge in [-0.3, -0.25) is 0 Å². The van der Waals surface area contributed by atoms with E-state index >= 15 is 0 Å². The highest BCUT2D eigenvalue weighted by molar-refractivity contribution is 6.30. The average molecular weight is 268 g/mol. The fraction of sp³-hybridized carbons (Fsp3) is 0.600. The third-order valence-electron chi connectivity index (χ3n) is 3.77. The van der Waals surface area contributed by atoms with Crippen LogP contribution >= 0.6 is 11.6 Å². The van der Waals surface area contributed by atoms with Gasteiger partial charge in [0.1, 0.15) is 0 Å². The first-order valence-electron chi connectivity index (χ1n) is 6.80. The Morgan fingerprint density at radius 2 is 1.83 bits per heavy atom. The van der Waals surface area contributed by atoms with Crippen molar-refractivity contribution in [3.63, 3.8) is 0 Å². The summed E-state index contributed by atoms with van der Waals surface area (Å²) in [7, 11) is 0. The van der Waals surface area contributed by atoms with Crippen LogP contribution in [-0.4, -0.2) is 35.2 Å². The predicted octanol–water partition coefficient (Wildman–Crippen LogP) is 3.12. The van der Waals surface area contributed by atoms with Gasteiger partial charge in [-0.05, 0) is 43.5 Å². The third-order valence-corrected chi connectivity index (χ3v) is 4.03. The standard InChI is InChI=1S/C15H22ClNO/c1-2-9-17-10-7-15(18,8-11-17)12-13-3-5-14(16)6-4-13/h3-6,18H,2,7-12H2,1H3. The summed E-state index contributed by atoms with van der Waals surface area (Å²) < 4.78 is 0. The first-order valence-corrected chi connectivity index (χ1v) is 7.18. The zero-order valence-electron chi connectivity index (χ0n) is 11.0. The van der Waals surface area contributed by atoms with E-state index in [9.17, 15) is 5.11 Å². The van der Waals surface area contributed by atoms with Gasteiger partial charge >= 0.3 is 0 Å². The molecule has 100 valence electrons. The van der Waals surface area contributed by atoms with E-state index in [0.29, 0.717) is 0 Å². The largest absolute Gasteiger partial charge is 0.389 e. The second kappa shape index (κ2) is 6.05. The number of piperidine rings is 1. The van der Waals surface area contributed by atoms with E-state index in [1.807, 2.05) is 24.3 Å². The molecule has 1 aromatic carbocycles. The van der Waals surface area contributed by atoms with E-state index in [2.05, 4.69) is 11.8 Å². The zero-order valence-corrected chi connectivity index (χ0v) is 11.8. The highest BCUT2D eigenvalue weighted by atomic mass is 35.5. The summed E-state index contributed by atoms with van der Waals surface area (Å²) in [6, 6.07) is 7.82. The lowest BCUT2D eigenvalue weighted by Gasteiger charge is -2.38. The number of rotatable bonds is 4. The van der Waals surface area contributed by atoms with Crippen molar-refractivity contribution in [2.24, 2.45) is 0 Å². The molecule has 0 aliphatic carbocycles. The lowest BCUT2D eigenvalue weighted by Crippen LogP contribution is -2.45. The number of halogens is 1. The molecular weight excluding hydrogens is 246 g/mol. The van der Waals surface area contributed by atoms with Crippen molar-refractivity contribution in [2.45, 2.75) is 38.2 Å². The highest BCUT2D eigenvalue weighted by Crippen LogP contribution is 2.26. The topological polar surface area (TPSA) is 23.5 Å². The minimum atomic E-state index is -0.530. The molecule has 0 aromatic heterocycles. The summed E-state index contributed by atoms with van der Waals surface area (Å²) >= 11 is 5.87. The van der Waals surface area contributed by atoms with E-state index in [4.69, 9.17) is 11.6 Å². The number of likely N-dealkylation sites (tertiary alicyclic amines) is 1. The molecule has 18 heavy (non-hydrogen) atoms. The minimum Gasteiger partial charge on any atom is -0.389 e. The van der Waals surface area contributed by atoms with Crippen molar-refractivity contribution >= 4 is 11.6 Å². The highest BCUT2D eigenvalue weighted by Gasteiger charge is 2.31. The monoisotopic (exact) mass is 267 g/mol. The van der Waals surface area contributed by atoms with E-state index in [-0.39, 0.29) is 0 Å². The smallest absolute Gasteiger partial charge is 0.0712 e. The molecule has 0 saturated carbocycles. The molecule has 1 N–H and O–H groups in total. The van der Waals surface area contributed by atoms with Crippen molar-refractivity contribution in [1.29, 1.82) is 0 Å². The van der Waals surface area contributed by atoms with Gasteiger partial charge in [-0.1, -0.05) is 30.7 Å². The van der Waals surface area contributed by atoms with Crippen LogP contribution in [0.5, 0.6) is 0 Å². The Labute approximate surface area is 115 Å². The second-order valence-corrected chi connectivity index (χ2v) is 5.81. The Morgan fingerprint density at radius 1 is 1.22 bits per heavy atom. The van der Waals surface area contributed by atoms with Crippen LogP contribution in [0.1, 0.15) is 31.7 Å². The van der Waals surface area contributed by atoms with Gasteiger partial charge in [0.05, 0.1) is 5.60 Å². The van der Waals surface area contributed by atoms with E-state index in [1.165, 1.54) is 12.0 Å². The maximum absolute atomic E-state index is 10.6. The van der Waals surface area contributed by atoms with Crippen LogP contribution in [0.2, 0.25) is 5.02 Å². The van der Waals surface area contributed by atoms with Gasteiger partial charge < -0.3 is 10.0 Å². The maximum Gasteiger partial charge on any atom is 0.0712 e. The molecule has 3 heteroatoms. The molecule has 1 heterocycles. The van der Waals surface area contributed by atoms with Crippen LogP contribution < -0.4 is 0 Å². The first-order chi connectivity index (χ1) is 8.61. The van der Waals surface area contributed by atoms with Crippen LogP contribution in [0.15, 0.2) is 24.3 Å². The fourth-order valence-electron chi connectivity index (χ4n) is 2.67. The molecule has 1 fully saturated rings. The molecule has 0 atom stereocenters. The van der Waals surface area contributed by atoms with E-state index in [0.717, 1.165) is 43.9 Å². The number of nitrogens with zero attached hydrogens (tertiary/aromatic N) is 1.